The Morgan fingerprint density at radius 3 is 3.06 bits per heavy atom. The first-order chi connectivity index (χ1) is 8.65. The third kappa shape index (κ3) is 2.15. The summed E-state index contributed by atoms with van der Waals surface area (Å²) >= 11 is 0. The number of aromatic nitrogens is 2. The van der Waals surface area contributed by atoms with Gasteiger partial charge in [-0.1, -0.05) is 0 Å². The molecule has 2 heterocycles. The number of carboxylic acids is 1. The number of rotatable bonds is 3. The molecule has 2 rings (SSSR count). The number of aliphatic carboxylic acids is 1. The molecule has 0 bridgehead atoms. The molecule has 1 aromatic rings. The van der Waals surface area contributed by atoms with Gasteiger partial charge in [0.2, 0.25) is 5.75 Å². The molecule has 0 amide bonds. The van der Waals surface area contributed by atoms with Gasteiger partial charge in [-0.25, -0.2) is 9.78 Å². The standard InChI is InChI=1S/C11H15N3O4/c1-18-8-9(12-6-13-10(8)15)14-5-3-2-4-7(14)11(16)17/h6-7H,2-5H2,1H3,(H,16,17)(H,12,13,15). The lowest BCUT2D eigenvalue weighted by Gasteiger charge is -2.34. The number of ether oxygens (including phenoxy) is 1. The van der Waals surface area contributed by atoms with Crippen LogP contribution in [0.2, 0.25) is 0 Å². The smallest absolute Gasteiger partial charge is 0.326 e. The average Bonchev–Trinajstić information content (AvgIpc) is 2.38. The molecule has 0 radical (unpaired) electrons. The molecule has 0 aliphatic carbocycles. The maximum Gasteiger partial charge on any atom is 0.326 e. The van der Waals surface area contributed by atoms with Crippen LogP contribution in [0.15, 0.2) is 11.1 Å². The Labute approximate surface area is 103 Å². The monoisotopic (exact) mass is 253 g/mol. The third-order valence-corrected chi connectivity index (χ3v) is 3.06. The number of carbonyl (C=O) groups is 1. The quantitative estimate of drug-likeness (QED) is 0.800. The van der Waals surface area contributed by atoms with E-state index in [-0.39, 0.29) is 5.75 Å². The number of hydrogen-bond acceptors (Lipinski definition) is 5. The summed E-state index contributed by atoms with van der Waals surface area (Å²) in [4.78, 5) is 30.9. The lowest BCUT2D eigenvalue weighted by atomic mass is 10.0. The summed E-state index contributed by atoms with van der Waals surface area (Å²) in [6.45, 7) is 0.559. The number of carboxylic acid groups (broad SMARTS) is 1. The van der Waals surface area contributed by atoms with Gasteiger partial charge in [0.25, 0.3) is 5.56 Å². The minimum Gasteiger partial charge on any atom is -0.489 e. The van der Waals surface area contributed by atoms with E-state index in [9.17, 15) is 14.7 Å². The summed E-state index contributed by atoms with van der Waals surface area (Å²) in [7, 11) is 1.37. The van der Waals surface area contributed by atoms with Crippen molar-refractivity contribution in [1.82, 2.24) is 9.97 Å². The van der Waals surface area contributed by atoms with Crippen LogP contribution >= 0.6 is 0 Å². The molecule has 1 saturated heterocycles. The first-order valence-corrected chi connectivity index (χ1v) is 5.76. The minimum atomic E-state index is -0.904. The zero-order valence-corrected chi connectivity index (χ0v) is 10.0. The number of nitrogens with zero attached hydrogens (tertiary/aromatic N) is 2. The molecule has 1 atom stereocenters. The summed E-state index contributed by atoms with van der Waals surface area (Å²) in [6, 6.07) is -0.651. The predicted molar refractivity (Wildman–Crippen MR) is 64.0 cm³/mol. The summed E-state index contributed by atoms with van der Waals surface area (Å²) < 4.78 is 5.02. The Morgan fingerprint density at radius 2 is 2.39 bits per heavy atom. The van der Waals surface area contributed by atoms with Crippen LogP contribution in [0.5, 0.6) is 5.75 Å². The van der Waals surface area contributed by atoms with Gasteiger partial charge in [-0.2, -0.15) is 0 Å². The van der Waals surface area contributed by atoms with Crippen molar-refractivity contribution in [3.8, 4) is 5.75 Å². The van der Waals surface area contributed by atoms with Crippen LogP contribution < -0.4 is 15.2 Å². The topological polar surface area (TPSA) is 95.5 Å². The largest absolute Gasteiger partial charge is 0.489 e. The van der Waals surface area contributed by atoms with Crippen LogP contribution in [-0.2, 0) is 4.79 Å². The van der Waals surface area contributed by atoms with Crippen LogP contribution in [0.3, 0.4) is 0 Å². The first-order valence-electron chi connectivity index (χ1n) is 5.76. The van der Waals surface area contributed by atoms with Crippen LogP contribution in [0, 0.1) is 0 Å². The van der Waals surface area contributed by atoms with Crippen molar-refractivity contribution >= 4 is 11.8 Å². The van der Waals surface area contributed by atoms with E-state index in [0.29, 0.717) is 18.8 Å². The van der Waals surface area contributed by atoms with Gasteiger partial charge >= 0.3 is 5.97 Å². The van der Waals surface area contributed by atoms with E-state index in [1.807, 2.05) is 0 Å². The highest BCUT2D eigenvalue weighted by molar-refractivity contribution is 5.78. The van der Waals surface area contributed by atoms with Crippen LogP contribution in [0.1, 0.15) is 19.3 Å². The summed E-state index contributed by atoms with van der Waals surface area (Å²) in [5.41, 5.74) is -0.405. The lowest BCUT2D eigenvalue weighted by Crippen LogP contribution is -2.45. The van der Waals surface area contributed by atoms with E-state index >= 15 is 0 Å². The van der Waals surface area contributed by atoms with E-state index in [2.05, 4.69) is 9.97 Å². The van der Waals surface area contributed by atoms with Gasteiger partial charge in [-0.15, -0.1) is 0 Å². The van der Waals surface area contributed by atoms with E-state index in [4.69, 9.17) is 4.74 Å². The molecule has 1 unspecified atom stereocenters. The fourth-order valence-corrected chi connectivity index (χ4v) is 2.21. The Morgan fingerprint density at radius 1 is 1.61 bits per heavy atom. The molecular weight excluding hydrogens is 238 g/mol. The molecule has 7 heteroatoms. The molecule has 7 nitrogen and oxygen atoms in total. The van der Waals surface area contributed by atoms with Gasteiger partial charge in [0, 0.05) is 6.54 Å². The Hall–Kier alpha value is -2.05. The molecular formula is C11H15N3O4. The second-order valence-corrected chi connectivity index (χ2v) is 4.13. The molecule has 18 heavy (non-hydrogen) atoms. The van der Waals surface area contributed by atoms with Crippen molar-refractivity contribution in [2.45, 2.75) is 25.3 Å². The van der Waals surface area contributed by atoms with Crippen molar-refractivity contribution in [3.05, 3.63) is 16.7 Å². The molecule has 1 aliphatic heterocycles. The molecule has 0 spiro atoms. The molecule has 98 valence electrons. The van der Waals surface area contributed by atoms with Gasteiger partial charge in [-0.3, -0.25) is 4.79 Å². The van der Waals surface area contributed by atoms with Crippen molar-refractivity contribution in [2.75, 3.05) is 18.6 Å². The molecule has 0 saturated carbocycles. The Balaban J connectivity index is 2.42. The molecule has 0 aromatic carbocycles. The number of methoxy groups -OCH3 is 1. The lowest BCUT2D eigenvalue weighted by molar-refractivity contribution is -0.139. The normalized spacial score (nSPS) is 19.6. The van der Waals surface area contributed by atoms with Gasteiger partial charge in [0.1, 0.15) is 6.04 Å². The van der Waals surface area contributed by atoms with E-state index in [1.54, 1.807) is 4.90 Å². The highest BCUT2D eigenvalue weighted by Gasteiger charge is 2.31. The van der Waals surface area contributed by atoms with Gasteiger partial charge in [-0.05, 0) is 19.3 Å². The van der Waals surface area contributed by atoms with E-state index in [0.717, 1.165) is 12.8 Å². The van der Waals surface area contributed by atoms with Crippen LogP contribution in [0.4, 0.5) is 5.82 Å². The highest BCUT2D eigenvalue weighted by atomic mass is 16.5. The second-order valence-electron chi connectivity index (χ2n) is 4.13. The number of aromatic amines is 1. The molecule has 2 N–H and O–H groups in total. The average molecular weight is 253 g/mol. The zero-order chi connectivity index (χ0) is 13.1. The fraction of sp³-hybridized carbons (Fsp3) is 0.545. The summed E-state index contributed by atoms with van der Waals surface area (Å²) in [5, 5.41) is 9.21. The molecule has 1 aromatic heterocycles. The first kappa shape index (κ1) is 12.4. The predicted octanol–water partition coefficient (Wildman–Crippen LogP) is 0.222. The summed E-state index contributed by atoms with van der Waals surface area (Å²) in [5.74, 6) is -0.544. The van der Waals surface area contributed by atoms with Crippen LogP contribution in [-0.4, -0.2) is 40.7 Å². The van der Waals surface area contributed by atoms with Crippen molar-refractivity contribution in [3.63, 3.8) is 0 Å². The summed E-state index contributed by atoms with van der Waals surface area (Å²) in [6.07, 6.45) is 3.54. The number of nitrogens with one attached hydrogen (secondary N) is 1. The van der Waals surface area contributed by atoms with Crippen molar-refractivity contribution in [1.29, 1.82) is 0 Å². The zero-order valence-electron chi connectivity index (χ0n) is 10.0. The highest BCUT2D eigenvalue weighted by Crippen LogP contribution is 2.28. The van der Waals surface area contributed by atoms with Gasteiger partial charge < -0.3 is 19.7 Å². The third-order valence-electron chi connectivity index (χ3n) is 3.06. The SMILES string of the molecule is COc1c(N2CCCCC2C(=O)O)nc[nH]c1=O. The second kappa shape index (κ2) is 5.07. The Kier molecular flexibility index (Phi) is 3.50. The van der Waals surface area contributed by atoms with Crippen molar-refractivity contribution in [2.24, 2.45) is 0 Å². The maximum atomic E-state index is 11.6. The number of H-pyrrole nitrogens is 1. The molecule has 1 fully saturated rings. The number of anilines is 1. The van der Waals surface area contributed by atoms with Gasteiger partial charge in [0.05, 0.1) is 13.4 Å². The number of piperidine rings is 1. The Bertz CT molecular complexity index is 499. The maximum absolute atomic E-state index is 11.6. The minimum absolute atomic E-state index is 0.0608. The van der Waals surface area contributed by atoms with Crippen molar-refractivity contribution < 1.29 is 14.6 Å². The fourth-order valence-electron chi connectivity index (χ4n) is 2.21. The number of hydrogen-bond donors (Lipinski definition) is 2. The van der Waals surface area contributed by atoms with E-state index in [1.165, 1.54) is 13.4 Å². The van der Waals surface area contributed by atoms with E-state index < -0.39 is 17.6 Å². The molecule has 1 aliphatic rings. The van der Waals surface area contributed by atoms with Crippen LogP contribution in [0.25, 0.3) is 0 Å². The van der Waals surface area contributed by atoms with Gasteiger partial charge in [0.15, 0.2) is 5.82 Å².